The van der Waals surface area contributed by atoms with Crippen molar-refractivity contribution in [2.24, 2.45) is 5.92 Å². The SMILES string of the molecule is O=C(NC1COCC1C(=O)O)c1ccc(Br)c([N+](=O)[O-])c1. The fourth-order valence-electron chi connectivity index (χ4n) is 1.99. The van der Waals surface area contributed by atoms with Crippen molar-refractivity contribution in [1.29, 1.82) is 0 Å². The maximum atomic E-state index is 12.1. The van der Waals surface area contributed by atoms with E-state index in [1.165, 1.54) is 12.1 Å². The summed E-state index contributed by atoms with van der Waals surface area (Å²) < 4.78 is 5.30. The van der Waals surface area contributed by atoms with Gasteiger partial charge in [-0.3, -0.25) is 19.7 Å². The summed E-state index contributed by atoms with van der Waals surface area (Å²) in [5, 5.41) is 22.4. The number of halogens is 1. The third kappa shape index (κ3) is 3.37. The average molecular weight is 359 g/mol. The van der Waals surface area contributed by atoms with Crippen LogP contribution < -0.4 is 5.32 Å². The van der Waals surface area contributed by atoms with Gasteiger partial charge in [0.2, 0.25) is 0 Å². The Morgan fingerprint density at radius 1 is 1.43 bits per heavy atom. The minimum Gasteiger partial charge on any atom is -0.481 e. The Hall–Kier alpha value is -2.00. The van der Waals surface area contributed by atoms with Gasteiger partial charge in [-0.25, -0.2) is 0 Å². The molecule has 1 aromatic rings. The lowest BCUT2D eigenvalue weighted by Gasteiger charge is -2.15. The zero-order valence-electron chi connectivity index (χ0n) is 10.6. The number of carboxylic acids is 1. The Labute approximate surface area is 127 Å². The standard InChI is InChI=1S/C12H11BrN2O6/c13-8-2-1-6(3-10(8)15(19)20)11(16)14-9-5-21-4-7(9)12(17)18/h1-3,7,9H,4-5H2,(H,14,16)(H,17,18). The molecule has 0 saturated carbocycles. The lowest BCUT2D eigenvalue weighted by molar-refractivity contribution is -0.385. The van der Waals surface area contributed by atoms with Crippen LogP contribution in [-0.2, 0) is 9.53 Å². The normalized spacial score (nSPS) is 21.0. The number of carbonyl (C=O) groups is 2. The summed E-state index contributed by atoms with van der Waals surface area (Å²) in [5.41, 5.74) is -0.152. The molecule has 0 aliphatic carbocycles. The Morgan fingerprint density at radius 2 is 2.14 bits per heavy atom. The molecule has 2 N–H and O–H groups in total. The van der Waals surface area contributed by atoms with Crippen molar-refractivity contribution in [3.63, 3.8) is 0 Å². The Balaban J connectivity index is 2.15. The van der Waals surface area contributed by atoms with Crippen molar-refractivity contribution in [3.05, 3.63) is 38.3 Å². The van der Waals surface area contributed by atoms with Gasteiger partial charge in [0, 0.05) is 11.6 Å². The molecular formula is C12H11BrN2O6. The molecule has 8 nitrogen and oxygen atoms in total. The molecule has 2 unspecified atom stereocenters. The molecule has 1 aliphatic rings. The predicted molar refractivity (Wildman–Crippen MR) is 74.0 cm³/mol. The number of nitrogens with one attached hydrogen (secondary N) is 1. The fourth-order valence-corrected chi connectivity index (χ4v) is 2.38. The van der Waals surface area contributed by atoms with E-state index in [0.717, 1.165) is 6.07 Å². The van der Waals surface area contributed by atoms with Crippen LogP contribution in [0.5, 0.6) is 0 Å². The summed E-state index contributed by atoms with van der Waals surface area (Å²) in [6.45, 7) is 0.127. The quantitative estimate of drug-likeness (QED) is 0.616. The van der Waals surface area contributed by atoms with Gasteiger partial charge >= 0.3 is 5.97 Å². The first kappa shape index (κ1) is 15.4. The molecule has 0 radical (unpaired) electrons. The van der Waals surface area contributed by atoms with Crippen LogP contribution in [0, 0.1) is 16.0 Å². The van der Waals surface area contributed by atoms with Crippen molar-refractivity contribution in [2.75, 3.05) is 13.2 Å². The minimum absolute atomic E-state index is 0.0285. The van der Waals surface area contributed by atoms with Gasteiger partial charge in [-0.2, -0.15) is 0 Å². The average Bonchev–Trinajstić information content (AvgIpc) is 2.87. The molecule has 1 aliphatic heterocycles. The highest BCUT2D eigenvalue weighted by Crippen LogP contribution is 2.25. The second kappa shape index (κ2) is 6.19. The van der Waals surface area contributed by atoms with Gasteiger partial charge in [-0.15, -0.1) is 0 Å². The summed E-state index contributed by atoms with van der Waals surface area (Å²) in [7, 11) is 0. The first-order valence-corrected chi connectivity index (χ1v) is 6.75. The summed E-state index contributed by atoms with van der Waals surface area (Å²) in [6.07, 6.45) is 0. The van der Waals surface area contributed by atoms with Crippen LogP contribution in [0.25, 0.3) is 0 Å². The van der Waals surface area contributed by atoms with Crippen LogP contribution in [0.1, 0.15) is 10.4 Å². The Bertz CT molecular complexity index is 605. The van der Waals surface area contributed by atoms with Crippen molar-refractivity contribution >= 4 is 33.5 Å². The summed E-state index contributed by atoms with van der Waals surface area (Å²) in [6, 6.07) is 3.29. The molecule has 2 atom stereocenters. The molecule has 0 bridgehead atoms. The van der Waals surface area contributed by atoms with Crippen LogP contribution in [-0.4, -0.2) is 41.2 Å². The monoisotopic (exact) mass is 358 g/mol. The Morgan fingerprint density at radius 3 is 2.76 bits per heavy atom. The number of nitro benzene ring substituents is 1. The van der Waals surface area contributed by atoms with Crippen molar-refractivity contribution < 1.29 is 24.4 Å². The van der Waals surface area contributed by atoms with E-state index in [2.05, 4.69) is 21.2 Å². The van der Waals surface area contributed by atoms with E-state index in [0.29, 0.717) is 0 Å². The molecular weight excluding hydrogens is 348 g/mol. The van der Waals surface area contributed by atoms with E-state index in [1.54, 1.807) is 0 Å². The maximum absolute atomic E-state index is 12.1. The number of carbonyl (C=O) groups excluding carboxylic acids is 1. The van der Waals surface area contributed by atoms with Crippen LogP contribution in [0.4, 0.5) is 5.69 Å². The molecule has 0 aromatic heterocycles. The molecule has 1 saturated heterocycles. The number of benzene rings is 1. The molecule has 1 amide bonds. The topological polar surface area (TPSA) is 119 Å². The molecule has 112 valence electrons. The molecule has 0 spiro atoms. The highest BCUT2D eigenvalue weighted by atomic mass is 79.9. The van der Waals surface area contributed by atoms with E-state index in [9.17, 15) is 19.7 Å². The third-order valence-electron chi connectivity index (χ3n) is 3.12. The van der Waals surface area contributed by atoms with Gasteiger partial charge in [-0.1, -0.05) is 0 Å². The largest absolute Gasteiger partial charge is 0.481 e. The summed E-state index contributed by atoms with van der Waals surface area (Å²) in [5.74, 6) is -2.45. The van der Waals surface area contributed by atoms with Gasteiger partial charge in [-0.05, 0) is 28.1 Å². The van der Waals surface area contributed by atoms with Crippen LogP contribution in [0.2, 0.25) is 0 Å². The second-order valence-electron chi connectivity index (χ2n) is 4.49. The zero-order valence-corrected chi connectivity index (χ0v) is 12.2. The number of nitrogens with zero attached hydrogens (tertiary/aromatic N) is 1. The van der Waals surface area contributed by atoms with Crippen molar-refractivity contribution in [2.45, 2.75) is 6.04 Å². The smallest absolute Gasteiger partial charge is 0.311 e. The number of hydrogen-bond donors (Lipinski definition) is 2. The summed E-state index contributed by atoms with van der Waals surface area (Å²) >= 11 is 3.03. The molecule has 9 heteroatoms. The molecule has 1 heterocycles. The molecule has 2 rings (SSSR count). The summed E-state index contributed by atoms with van der Waals surface area (Å²) in [4.78, 5) is 33.3. The number of carboxylic acid groups (broad SMARTS) is 1. The number of nitro groups is 1. The number of ether oxygens (including phenoxy) is 1. The van der Waals surface area contributed by atoms with E-state index in [-0.39, 0.29) is 28.9 Å². The van der Waals surface area contributed by atoms with E-state index in [4.69, 9.17) is 9.84 Å². The van der Waals surface area contributed by atoms with Crippen LogP contribution in [0.15, 0.2) is 22.7 Å². The van der Waals surface area contributed by atoms with E-state index in [1.807, 2.05) is 0 Å². The number of rotatable bonds is 4. The predicted octanol–water partition coefficient (Wildman–Crippen LogP) is 1.19. The second-order valence-corrected chi connectivity index (χ2v) is 5.34. The first-order chi connectivity index (χ1) is 9.90. The van der Waals surface area contributed by atoms with Crippen molar-refractivity contribution in [1.82, 2.24) is 5.32 Å². The van der Waals surface area contributed by atoms with Gasteiger partial charge in [0.25, 0.3) is 11.6 Å². The highest BCUT2D eigenvalue weighted by molar-refractivity contribution is 9.10. The van der Waals surface area contributed by atoms with Gasteiger partial charge in [0.05, 0.1) is 28.7 Å². The minimum atomic E-state index is -1.06. The molecule has 1 aromatic carbocycles. The highest BCUT2D eigenvalue weighted by Gasteiger charge is 2.35. The van der Waals surface area contributed by atoms with Gasteiger partial charge in [0.1, 0.15) is 5.92 Å². The van der Waals surface area contributed by atoms with Crippen molar-refractivity contribution in [3.8, 4) is 0 Å². The van der Waals surface area contributed by atoms with Crippen LogP contribution in [0.3, 0.4) is 0 Å². The van der Waals surface area contributed by atoms with Gasteiger partial charge < -0.3 is 15.2 Å². The number of hydrogen-bond acceptors (Lipinski definition) is 5. The number of aliphatic carboxylic acids is 1. The first-order valence-electron chi connectivity index (χ1n) is 5.95. The van der Waals surface area contributed by atoms with E-state index >= 15 is 0 Å². The zero-order chi connectivity index (χ0) is 15.6. The maximum Gasteiger partial charge on any atom is 0.311 e. The fraction of sp³-hybridized carbons (Fsp3) is 0.333. The molecule has 1 fully saturated rings. The number of amides is 1. The third-order valence-corrected chi connectivity index (χ3v) is 3.79. The Kier molecular flexibility index (Phi) is 4.53. The van der Waals surface area contributed by atoms with Gasteiger partial charge in [0.15, 0.2) is 0 Å². The molecule has 21 heavy (non-hydrogen) atoms. The lowest BCUT2D eigenvalue weighted by atomic mass is 10.0. The van der Waals surface area contributed by atoms with Crippen LogP contribution >= 0.6 is 15.9 Å². The lowest BCUT2D eigenvalue weighted by Crippen LogP contribution is -2.42. The van der Waals surface area contributed by atoms with E-state index < -0.39 is 28.8 Å².